The highest BCUT2D eigenvalue weighted by atomic mass is 14.8. The van der Waals surface area contributed by atoms with E-state index in [9.17, 15) is 0 Å². The van der Waals surface area contributed by atoms with E-state index in [1.807, 2.05) is 0 Å². The van der Waals surface area contributed by atoms with Crippen LogP contribution in [0, 0.1) is 5.92 Å². The first kappa shape index (κ1) is 11.8. The van der Waals surface area contributed by atoms with Crippen molar-refractivity contribution in [2.75, 3.05) is 13.1 Å². The van der Waals surface area contributed by atoms with Crippen molar-refractivity contribution < 1.29 is 0 Å². The minimum absolute atomic E-state index is 0.959. The Balaban J connectivity index is 1.70. The monoisotopic (exact) mass is 195 g/mol. The summed E-state index contributed by atoms with van der Waals surface area (Å²) in [4.78, 5) is 0. The van der Waals surface area contributed by atoms with E-state index in [4.69, 9.17) is 0 Å². The fraction of sp³-hybridized carbons (Fsp3) is 0.846. The molecule has 0 aromatic heterocycles. The minimum atomic E-state index is 0.959. The van der Waals surface area contributed by atoms with Gasteiger partial charge in [-0.1, -0.05) is 25.5 Å². The van der Waals surface area contributed by atoms with Gasteiger partial charge in [-0.05, 0) is 57.5 Å². The Morgan fingerprint density at radius 3 is 2.71 bits per heavy atom. The van der Waals surface area contributed by atoms with Gasteiger partial charge in [-0.2, -0.15) is 0 Å². The maximum Gasteiger partial charge on any atom is -0.00489 e. The van der Waals surface area contributed by atoms with Crippen LogP contribution in [0.3, 0.4) is 0 Å². The normalized spacial score (nSPS) is 16.6. The van der Waals surface area contributed by atoms with Crippen LogP contribution in [0.25, 0.3) is 0 Å². The molecule has 1 rings (SSSR count). The Hall–Kier alpha value is -0.300. The third kappa shape index (κ3) is 7.14. The summed E-state index contributed by atoms with van der Waals surface area (Å²) in [6.07, 6.45) is 14.3. The van der Waals surface area contributed by atoms with Gasteiger partial charge in [0.05, 0.1) is 0 Å². The van der Waals surface area contributed by atoms with Crippen LogP contribution in [0.1, 0.15) is 51.9 Å². The van der Waals surface area contributed by atoms with Crippen molar-refractivity contribution in [1.29, 1.82) is 0 Å². The molecule has 82 valence electrons. The average molecular weight is 195 g/mol. The molecule has 0 saturated heterocycles. The maximum absolute atomic E-state index is 3.44. The van der Waals surface area contributed by atoms with E-state index in [-0.39, 0.29) is 0 Å². The second kappa shape index (κ2) is 8.05. The van der Waals surface area contributed by atoms with Crippen LogP contribution in [0.2, 0.25) is 0 Å². The zero-order valence-corrected chi connectivity index (χ0v) is 9.60. The number of allylic oxidation sites excluding steroid dienone is 2. The Morgan fingerprint density at radius 1 is 1.14 bits per heavy atom. The van der Waals surface area contributed by atoms with Crippen LogP contribution in [0.15, 0.2) is 12.2 Å². The molecule has 0 unspecified atom stereocenters. The number of hydrogen-bond acceptors (Lipinski definition) is 1. The van der Waals surface area contributed by atoms with E-state index in [1.54, 1.807) is 0 Å². The van der Waals surface area contributed by atoms with Crippen molar-refractivity contribution in [3.05, 3.63) is 12.2 Å². The average Bonchev–Trinajstić information content (AvgIpc) is 2.99. The topological polar surface area (TPSA) is 12.0 Å². The zero-order valence-electron chi connectivity index (χ0n) is 9.60. The van der Waals surface area contributed by atoms with E-state index in [0.717, 1.165) is 5.92 Å². The van der Waals surface area contributed by atoms with Gasteiger partial charge in [0.2, 0.25) is 0 Å². The lowest BCUT2D eigenvalue weighted by atomic mass is 10.2. The van der Waals surface area contributed by atoms with E-state index < -0.39 is 0 Å². The molecule has 1 fully saturated rings. The summed E-state index contributed by atoms with van der Waals surface area (Å²) in [7, 11) is 0. The van der Waals surface area contributed by atoms with Gasteiger partial charge in [0.15, 0.2) is 0 Å². The van der Waals surface area contributed by atoms with E-state index in [0.29, 0.717) is 0 Å². The SMILES string of the molecule is CCCNCCCCC/C=C\C1CC1. The molecule has 1 N–H and O–H groups in total. The van der Waals surface area contributed by atoms with Gasteiger partial charge in [-0.25, -0.2) is 0 Å². The lowest BCUT2D eigenvalue weighted by Crippen LogP contribution is -2.15. The molecule has 1 nitrogen and oxygen atoms in total. The number of unbranched alkanes of at least 4 members (excludes halogenated alkanes) is 3. The molecule has 0 spiro atoms. The first-order valence-electron chi connectivity index (χ1n) is 6.31. The summed E-state index contributed by atoms with van der Waals surface area (Å²) in [6.45, 7) is 4.61. The molecule has 0 aliphatic heterocycles. The predicted molar refractivity (Wildman–Crippen MR) is 63.5 cm³/mol. The Morgan fingerprint density at radius 2 is 2.00 bits per heavy atom. The van der Waals surface area contributed by atoms with Crippen LogP contribution in [0.4, 0.5) is 0 Å². The Kier molecular flexibility index (Phi) is 6.77. The Labute approximate surface area is 89.0 Å². The molecular weight excluding hydrogens is 170 g/mol. The highest BCUT2D eigenvalue weighted by Crippen LogP contribution is 2.30. The van der Waals surface area contributed by atoms with E-state index >= 15 is 0 Å². The molecule has 0 bridgehead atoms. The van der Waals surface area contributed by atoms with Gasteiger partial charge in [0, 0.05) is 0 Å². The number of hydrogen-bond donors (Lipinski definition) is 1. The second-order valence-corrected chi connectivity index (χ2v) is 4.36. The molecule has 0 radical (unpaired) electrons. The number of rotatable bonds is 9. The van der Waals surface area contributed by atoms with Crippen molar-refractivity contribution in [1.82, 2.24) is 5.32 Å². The first-order chi connectivity index (χ1) is 6.93. The predicted octanol–water partition coefficient (Wildman–Crippen LogP) is 3.51. The van der Waals surface area contributed by atoms with Crippen molar-refractivity contribution in [2.45, 2.75) is 51.9 Å². The molecule has 1 saturated carbocycles. The molecule has 1 aliphatic rings. The molecular formula is C13H25N. The molecule has 0 amide bonds. The third-order valence-electron chi connectivity index (χ3n) is 2.68. The molecule has 1 aliphatic carbocycles. The highest BCUT2D eigenvalue weighted by Gasteiger charge is 2.16. The molecule has 0 aromatic rings. The van der Waals surface area contributed by atoms with Crippen molar-refractivity contribution in [3.63, 3.8) is 0 Å². The lowest BCUT2D eigenvalue weighted by molar-refractivity contribution is 0.601. The van der Waals surface area contributed by atoms with Crippen LogP contribution in [-0.4, -0.2) is 13.1 Å². The maximum atomic E-state index is 3.44. The van der Waals surface area contributed by atoms with Crippen molar-refractivity contribution >= 4 is 0 Å². The third-order valence-corrected chi connectivity index (χ3v) is 2.68. The summed E-state index contributed by atoms with van der Waals surface area (Å²) in [5.74, 6) is 0.959. The van der Waals surface area contributed by atoms with Crippen molar-refractivity contribution in [3.8, 4) is 0 Å². The fourth-order valence-electron chi connectivity index (χ4n) is 1.57. The van der Waals surface area contributed by atoms with Crippen LogP contribution in [0.5, 0.6) is 0 Å². The van der Waals surface area contributed by atoms with Crippen LogP contribution >= 0.6 is 0 Å². The molecule has 0 heterocycles. The van der Waals surface area contributed by atoms with E-state index in [1.165, 1.54) is 58.0 Å². The summed E-state index contributed by atoms with van der Waals surface area (Å²) < 4.78 is 0. The van der Waals surface area contributed by atoms with Gasteiger partial charge >= 0.3 is 0 Å². The summed E-state index contributed by atoms with van der Waals surface area (Å²) in [5.41, 5.74) is 0. The second-order valence-electron chi connectivity index (χ2n) is 4.36. The van der Waals surface area contributed by atoms with Gasteiger partial charge in [0.1, 0.15) is 0 Å². The largest absolute Gasteiger partial charge is 0.317 e. The number of nitrogens with one attached hydrogen (secondary N) is 1. The van der Waals surface area contributed by atoms with Crippen molar-refractivity contribution in [2.24, 2.45) is 5.92 Å². The van der Waals surface area contributed by atoms with Gasteiger partial charge in [0.25, 0.3) is 0 Å². The van der Waals surface area contributed by atoms with Gasteiger partial charge in [-0.3, -0.25) is 0 Å². The fourth-order valence-corrected chi connectivity index (χ4v) is 1.57. The molecule has 1 heteroatoms. The summed E-state index contributed by atoms with van der Waals surface area (Å²) in [5, 5.41) is 3.44. The molecule has 0 atom stereocenters. The molecule has 0 aromatic carbocycles. The summed E-state index contributed by atoms with van der Waals surface area (Å²) in [6, 6.07) is 0. The van der Waals surface area contributed by atoms with Gasteiger partial charge in [-0.15, -0.1) is 0 Å². The lowest BCUT2D eigenvalue weighted by Gasteiger charge is -2.01. The molecule has 14 heavy (non-hydrogen) atoms. The van der Waals surface area contributed by atoms with Crippen LogP contribution < -0.4 is 5.32 Å². The van der Waals surface area contributed by atoms with Crippen LogP contribution in [-0.2, 0) is 0 Å². The summed E-state index contributed by atoms with van der Waals surface area (Å²) >= 11 is 0. The van der Waals surface area contributed by atoms with E-state index in [2.05, 4.69) is 24.4 Å². The Bertz CT molecular complexity index is 147. The highest BCUT2D eigenvalue weighted by molar-refractivity contribution is 4.95. The standard InChI is InChI=1S/C13H25N/c1-2-11-14-12-7-5-3-4-6-8-13-9-10-13/h6,8,13-14H,2-5,7,9-12H2,1H3/b8-6-. The first-order valence-corrected chi connectivity index (χ1v) is 6.31. The minimum Gasteiger partial charge on any atom is -0.317 e. The quantitative estimate of drug-likeness (QED) is 0.438. The zero-order chi connectivity index (χ0) is 10.1. The van der Waals surface area contributed by atoms with Gasteiger partial charge < -0.3 is 5.32 Å². The smallest absolute Gasteiger partial charge is 0.00489 e.